The summed E-state index contributed by atoms with van der Waals surface area (Å²) in [6.07, 6.45) is 6.00. The van der Waals surface area contributed by atoms with Crippen molar-refractivity contribution >= 4 is 5.69 Å². The Bertz CT molecular complexity index is 429. The van der Waals surface area contributed by atoms with Crippen LogP contribution in [-0.4, -0.2) is 24.7 Å². The molecule has 3 rings (SSSR count). The second kappa shape index (κ2) is 4.47. The highest BCUT2D eigenvalue weighted by atomic mass is 16.3. The van der Waals surface area contributed by atoms with E-state index in [-0.39, 0.29) is 5.41 Å². The number of phenols is 1. The molecule has 1 aliphatic heterocycles. The normalized spacial score (nSPS) is 21.9. The zero-order valence-corrected chi connectivity index (χ0v) is 10.9. The van der Waals surface area contributed by atoms with Crippen LogP contribution in [0.1, 0.15) is 37.7 Å². The third-order valence-corrected chi connectivity index (χ3v) is 4.72. The highest BCUT2D eigenvalue weighted by molar-refractivity contribution is 5.56. The lowest BCUT2D eigenvalue weighted by Gasteiger charge is -2.42. The summed E-state index contributed by atoms with van der Waals surface area (Å²) in [5, 5.41) is 10.1. The van der Waals surface area contributed by atoms with Crippen LogP contribution in [0.15, 0.2) is 18.2 Å². The molecule has 18 heavy (non-hydrogen) atoms. The minimum absolute atomic E-state index is 0.0415. The largest absolute Gasteiger partial charge is 0.508 e. The average Bonchev–Trinajstić information content (AvgIpc) is 2.84. The molecule has 1 aromatic carbocycles. The monoisotopic (exact) mass is 246 g/mol. The van der Waals surface area contributed by atoms with Crippen molar-refractivity contribution in [1.29, 1.82) is 0 Å². The highest BCUT2D eigenvalue weighted by Crippen LogP contribution is 2.47. The number of phenolic OH excluding ortho intramolecular Hbond substituents is 1. The molecule has 0 radical (unpaired) electrons. The van der Waals surface area contributed by atoms with Crippen LogP contribution in [0.2, 0.25) is 0 Å². The standard InChI is InChI=1S/C15H22N2O/c16-11-15(6-3-7-15)13-10-12(4-5-14(13)18)17-8-1-2-9-17/h4-5,10,18H,1-3,6-9,11,16H2. The lowest BCUT2D eigenvalue weighted by atomic mass is 9.64. The molecule has 0 unspecified atom stereocenters. The molecule has 3 nitrogen and oxygen atoms in total. The van der Waals surface area contributed by atoms with Gasteiger partial charge in [0.15, 0.2) is 0 Å². The number of hydrogen-bond donors (Lipinski definition) is 2. The van der Waals surface area contributed by atoms with Crippen LogP contribution in [0, 0.1) is 0 Å². The maximum atomic E-state index is 10.1. The van der Waals surface area contributed by atoms with E-state index in [1.54, 1.807) is 0 Å². The van der Waals surface area contributed by atoms with Crippen LogP contribution in [0.3, 0.4) is 0 Å². The molecule has 3 heteroatoms. The lowest BCUT2D eigenvalue weighted by Crippen LogP contribution is -2.41. The maximum absolute atomic E-state index is 10.1. The van der Waals surface area contributed by atoms with Crippen LogP contribution in [-0.2, 0) is 5.41 Å². The van der Waals surface area contributed by atoms with E-state index in [9.17, 15) is 5.11 Å². The first-order chi connectivity index (χ1) is 8.75. The highest BCUT2D eigenvalue weighted by Gasteiger charge is 2.39. The summed E-state index contributed by atoms with van der Waals surface area (Å²) in [5.74, 6) is 0.420. The topological polar surface area (TPSA) is 49.5 Å². The van der Waals surface area contributed by atoms with Crippen molar-refractivity contribution < 1.29 is 5.11 Å². The van der Waals surface area contributed by atoms with Crippen LogP contribution < -0.4 is 10.6 Å². The van der Waals surface area contributed by atoms with Gasteiger partial charge in [0, 0.05) is 36.3 Å². The Morgan fingerprint density at radius 3 is 2.44 bits per heavy atom. The van der Waals surface area contributed by atoms with Gasteiger partial charge in [0.1, 0.15) is 5.75 Å². The van der Waals surface area contributed by atoms with Gasteiger partial charge in [-0.15, -0.1) is 0 Å². The quantitative estimate of drug-likeness (QED) is 0.861. The molecular weight excluding hydrogens is 224 g/mol. The van der Waals surface area contributed by atoms with Crippen molar-refractivity contribution in [1.82, 2.24) is 0 Å². The van der Waals surface area contributed by atoms with Crippen molar-refractivity contribution in [2.45, 2.75) is 37.5 Å². The first-order valence-electron chi connectivity index (χ1n) is 7.04. The summed E-state index contributed by atoms with van der Waals surface area (Å²) in [7, 11) is 0. The number of aromatic hydroxyl groups is 1. The summed E-state index contributed by atoms with van der Waals surface area (Å²) in [4.78, 5) is 2.41. The number of hydrogen-bond acceptors (Lipinski definition) is 3. The molecule has 2 aliphatic rings. The zero-order valence-electron chi connectivity index (χ0n) is 10.9. The Balaban J connectivity index is 1.95. The van der Waals surface area contributed by atoms with Gasteiger partial charge in [0.2, 0.25) is 0 Å². The number of benzene rings is 1. The van der Waals surface area contributed by atoms with E-state index in [0.717, 1.165) is 31.5 Å². The fourth-order valence-corrected chi connectivity index (χ4v) is 3.31. The van der Waals surface area contributed by atoms with Gasteiger partial charge >= 0.3 is 0 Å². The molecule has 0 amide bonds. The van der Waals surface area contributed by atoms with E-state index in [1.807, 2.05) is 12.1 Å². The van der Waals surface area contributed by atoms with Crippen LogP contribution >= 0.6 is 0 Å². The number of nitrogens with zero attached hydrogens (tertiary/aromatic N) is 1. The van der Waals surface area contributed by atoms with E-state index >= 15 is 0 Å². The third-order valence-electron chi connectivity index (χ3n) is 4.72. The third kappa shape index (κ3) is 1.77. The maximum Gasteiger partial charge on any atom is 0.119 e. The Hall–Kier alpha value is -1.22. The van der Waals surface area contributed by atoms with E-state index in [0.29, 0.717) is 12.3 Å². The van der Waals surface area contributed by atoms with Crippen molar-refractivity contribution in [3.8, 4) is 5.75 Å². The predicted octanol–water partition coefficient (Wildman–Crippen LogP) is 2.37. The molecule has 2 fully saturated rings. The lowest BCUT2D eigenvalue weighted by molar-refractivity contribution is 0.245. The Morgan fingerprint density at radius 2 is 1.89 bits per heavy atom. The zero-order chi connectivity index (χ0) is 12.6. The molecule has 0 spiro atoms. The minimum atomic E-state index is 0.0415. The van der Waals surface area contributed by atoms with E-state index in [2.05, 4.69) is 11.0 Å². The van der Waals surface area contributed by atoms with Gasteiger partial charge in [-0.3, -0.25) is 0 Å². The molecule has 0 aromatic heterocycles. The second-order valence-electron chi connectivity index (χ2n) is 5.73. The smallest absolute Gasteiger partial charge is 0.119 e. The molecule has 98 valence electrons. The number of anilines is 1. The van der Waals surface area contributed by atoms with Crippen molar-refractivity contribution in [2.24, 2.45) is 5.73 Å². The molecule has 1 aromatic rings. The molecule has 1 aliphatic carbocycles. The van der Waals surface area contributed by atoms with Gasteiger partial charge in [-0.1, -0.05) is 6.42 Å². The fourth-order valence-electron chi connectivity index (χ4n) is 3.31. The molecule has 3 N–H and O–H groups in total. The first kappa shape index (κ1) is 11.8. The SMILES string of the molecule is NCC1(c2cc(N3CCCC3)ccc2O)CCC1. The first-order valence-corrected chi connectivity index (χ1v) is 7.04. The van der Waals surface area contributed by atoms with Gasteiger partial charge in [0.25, 0.3) is 0 Å². The summed E-state index contributed by atoms with van der Waals surface area (Å²) < 4.78 is 0. The molecule has 0 atom stereocenters. The van der Waals surface area contributed by atoms with E-state index < -0.39 is 0 Å². The minimum Gasteiger partial charge on any atom is -0.508 e. The van der Waals surface area contributed by atoms with Crippen molar-refractivity contribution in [3.05, 3.63) is 23.8 Å². The summed E-state index contributed by atoms with van der Waals surface area (Å²) in [6, 6.07) is 6.05. The molecule has 1 saturated carbocycles. The molecule has 1 heterocycles. The van der Waals surface area contributed by atoms with Gasteiger partial charge in [0.05, 0.1) is 0 Å². The summed E-state index contributed by atoms with van der Waals surface area (Å²) in [6.45, 7) is 2.92. The molecule has 1 saturated heterocycles. The fraction of sp³-hybridized carbons (Fsp3) is 0.600. The molecular formula is C15H22N2O. The number of rotatable bonds is 3. The van der Waals surface area contributed by atoms with E-state index in [1.165, 1.54) is 24.9 Å². The van der Waals surface area contributed by atoms with Crippen LogP contribution in [0.4, 0.5) is 5.69 Å². The number of nitrogens with two attached hydrogens (primary N) is 1. The molecule has 0 bridgehead atoms. The van der Waals surface area contributed by atoms with Gasteiger partial charge < -0.3 is 15.7 Å². The van der Waals surface area contributed by atoms with Gasteiger partial charge in [-0.2, -0.15) is 0 Å². The Labute approximate surface area is 109 Å². The van der Waals surface area contributed by atoms with E-state index in [4.69, 9.17) is 5.73 Å². The van der Waals surface area contributed by atoms with Crippen molar-refractivity contribution in [2.75, 3.05) is 24.5 Å². The van der Waals surface area contributed by atoms with Crippen LogP contribution in [0.5, 0.6) is 5.75 Å². The Kier molecular flexibility index (Phi) is 2.94. The van der Waals surface area contributed by atoms with Gasteiger partial charge in [-0.25, -0.2) is 0 Å². The summed E-state index contributed by atoms with van der Waals surface area (Å²) >= 11 is 0. The second-order valence-corrected chi connectivity index (χ2v) is 5.73. The average molecular weight is 246 g/mol. The van der Waals surface area contributed by atoms with Crippen molar-refractivity contribution in [3.63, 3.8) is 0 Å². The van der Waals surface area contributed by atoms with Gasteiger partial charge in [-0.05, 0) is 43.9 Å². The van der Waals surface area contributed by atoms with Crippen LogP contribution in [0.25, 0.3) is 0 Å². The Morgan fingerprint density at radius 1 is 1.17 bits per heavy atom. The summed E-state index contributed by atoms with van der Waals surface area (Å²) in [5.41, 5.74) is 8.31. The predicted molar refractivity (Wildman–Crippen MR) is 74.1 cm³/mol.